The van der Waals surface area contributed by atoms with Gasteiger partial charge in [-0.15, -0.1) is 0 Å². The number of halogens is 1. The number of carbonyl (C=O) groups is 3. The highest BCUT2D eigenvalue weighted by molar-refractivity contribution is 6.30. The van der Waals surface area contributed by atoms with Crippen molar-refractivity contribution in [3.8, 4) is 0 Å². The summed E-state index contributed by atoms with van der Waals surface area (Å²) in [5.41, 5.74) is -0.461. The molecule has 0 spiro atoms. The number of aromatic nitrogens is 1. The van der Waals surface area contributed by atoms with E-state index in [2.05, 4.69) is 9.88 Å². The van der Waals surface area contributed by atoms with Crippen LogP contribution in [0.3, 0.4) is 0 Å². The summed E-state index contributed by atoms with van der Waals surface area (Å²) in [7, 11) is 1.59. The van der Waals surface area contributed by atoms with Crippen LogP contribution in [0.1, 0.15) is 24.8 Å². The molecule has 1 atom stereocenters. The number of pyridine rings is 1. The van der Waals surface area contributed by atoms with Gasteiger partial charge in [-0.25, -0.2) is 4.98 Å². The summed E-state index contributed by atoms with van der Waals surface area (Å²) < 4.78 is 5.07. The van der Waals surface area contributed by atoms with Crippen LogP contribution in [0.25, 0.3) is 0 Å². The van der Waals surface area contributed by atoms with Gasteiger partial charge >= 0.3 is 0 Å². The number of piperazine rings is 1. The van der Waals surface area contributed by atoms with Gasteiger partial charge in [-0.1, -0.05) is 41.9 Å². The maximum absolute atomic E-state index is 13.6. The van der Waals surface area contributed by atoms with Gasteiger partial charge < -0.3 is 14.5 Å². The molecule has 1 aromatic carbocycles. The Kier molecular flexibility index (Phi) is 7.48. The molecule has 0 unspecified atom stereocenters. The number of benzene rings is 1. The van der Waals surface area contributed by atoms with Gasteiger partial charge in [-0.2, -0.15) is 0 Å². The van der Waals surface area contributed by atoms with Crippen molar-refractivity contribution in [3.05, 3.63) is 59.2 Å². The lowest BCUT2D eigenvalue weighted by Crippen LogP contribution is -2.51. The summed E-state index contributed by atoms with van der Waals surface area (Å²) in [6.07, 6.45) is 2.15. The third-order valence-electron chi connectivity index (χ3n) is 6.59. The maximum atomic E-state index is 13.6. The highest BCUT2D eigenvalue weighted by Crippen LogP contribution is 2.40. The van der Waals surface area contributed by atoms with Crippen LogP contribution in [0.4, 0.5) is 5.82 Å². The quantitative estimate of drug-likeness (QED) is 0.423. The first-order chi connectivity index (χ1) is 16.4. The number of methoxy groups -OCH3 is 1. The van der Waals surface area contributed by atoms with Gasteiger partial charge in [0.1, 0.15) is 5.82 Å². The molecule has 0 N–H and O–H groups in total. The molecule has 34 heavy (non-hydrogen) atoms. The number of nitrogens with zero attached hydrogens (tertiary/aromatic N) is 4. The van der Waals surface area contributed by atoms with E-state index >= 15 is 0 Å². The second-order valence-electron chi connectivity index (χ2n) is 8.70. The number of hydrogen-bond donors (Lipinski definition) is 0. The summed E-state index contributed by atoms with van der Waals surface area (Å²) in [6.45, 7) is 3.06. The molecular weight excluding hydrogens is 456 g/mol. The molecule has 9 heteroatoms. The largest absolute Gasteiger partial charge is 0.385 e. The van der Waals surface area contributed by atoms with Crippen LogP contribution in [0.15, 0.2) is 48.7 Å². The first-order valence-corrected chi connectivity index (χ1v) is 11.9. The summed E-state index contributed by atoms with van der Waals surface area (Å²) in [5, 5.41) is 0.579. The molecular formula is C25H29ClN4O4. The Hall–Kier alpha value is -2.97. The number of rotatable bonds is 8. The third kappa shape index (κ3) is 4.93. The van der Waals surface area contributed by atoms with Crippen LogP contribution in [-0.4, -0.2) is 78.9 Å². The Morgan fingerprint density at radius 3 is 2.47 bits per heavy atom. The minimum absolute atomic E-state index is 0.00320. The van der Waals surface area contributed by atoms with Crippen molar-refractivity contribution >= 4 is 35.1 Å². The first-order valence-electron chi connectivity index (χ1n) is 11.5. The molecule has 0 radical (unpaired) electrons. The summed E-state index contributed by atoms with van der Waals surface area (Å²) in [6, 6.07) is 12.9. The smallest absolute Gasteiger partial charge is 0.240 e. The maximum Gasteiger partial charge on any atom is 0.240 e. The number of imide groups is 1. The van der Waals surface area contributed by atoms with Crippen molar-refractivity contribution in [1.29, 1.82) is 0 Å². The minimum atomic E-state index is -1.17. The number of carbonyl (C=O) groups excluding carboxylic acids is 3. The highest BCUT2D eigenvalue weighted by Gasteiger charge is 2.53. The zero-order chi connectivity index (χ0) is 24.1. The fraction of sp³-hybridized carbons (Fsp3) is 0.440. The molecule has 3 amide bonds. The van der Waals surface area contributed by atoms with Gasteiger partial charge in [0.05, 0.1) is 10.4 Å². The Balaban J connectivity index is 1.48. The van der Waals surface area contributed by atoms with Crippen LogP contribution < -0.4 is 4.90 Å². The normalized spacial score (nSPS) is 20.8. The Morgan fingerprint density at radius 1 is 1.09 bits per heavy atom. The van der Waals surface area contributed by atoms with Crippen molar-refractivity contribution in [2.45, 2.75) is 24.7 Å². The Bertz CT molecular complexity index is 1020. The van der Waals surface area contributed by atoms with Crippen LogP contribution in [0, 0.1) is 0 Å². The van der Waals surface area contributed by atoms with Crippen molar-refractivity contribution in [2.75, 3.05) is 51.3 Å². The lowest BCUT2D eigenvalue weighted by atomic mass is 9.75. The highest BCUT2D eigenvalue weighted by atomic mass is 35.5. The molecule has 0 bridgehead atoms. The molecule has 8 nitrogen and oxygen atoms in total. The zero-order valence-corrected chi connectivity index (χ0v) is 20.0. The van der Waals surface area contributed by atoms with Crippen molar-refractivity contribution in [3.63, 3.8) is 0 Å². The van der Waals surface area contributed by atoms with E-state index in [0.717, 1.165) is 5.82 Å². The lowest BCUT2D eigenvalue weighted by Gasteiger charge is -2.37. The van der Waals surface area contributed by atoms with Crippen molar-refractivity contribution in [2.24, 2.45) is 0 Å². The average Bonchev–Trinajstić information content (AvgIpc) is 3.10. The second kappa shape index (κ2) is 10.5. The summed E-state index contributed by atoms with van der Waals surface area (Å²) in [4.78, 5) is 49.4. The molecule has 4 rings (SSSR count). The predicted octanol–water partition coefficient (Wildman–Crippen LogP) is 2.51. The Morgan fingerprint density at radius 2 is 1.82 bits per heavy atom. The topological polar surface area (TPSA) is 83.1 Å². The molecule has 2 aliphatic rings. The van der Waals surface area contributed by atoms with Gasteiger partial charge in [-0.05, 0) is 24.1 Å². The van der Waals surface area contributed by atoms with Crippen LogP contribution in [0.2, 0.25) is 5.02 Å². The molecule has 2 aromatic rings. The molecule has 2 fully saturated rings. The first kappa shape index (κ1) is 24.2. The zero-order valence-electron chi connectivity index (χ0n) is 19.3. The molecule has 2 aliphatic heterocycles. The van der Waals surface area contributed by atoms with Crippen molar-refractivity contribution < 1.29 is 19.1 Å². The van der Waals surface area contributed by atoms with E-state index in [-0.39, 0.29) is 30.6 Å². The van der Waals surface area contributed by atoms with Gasteiger partial charge in [0, 0.05) is 65.5 Å². The van der Waals surface area contributed by atoms with Gasteiger partial charge in [0.15, 0.2) is 0 Å². The lowest BCUT2D eigenvalue weighted by molar-refractivity contribution is -0.143. The number of anilines is 1. The monoisotopic (exact) mass is 484 g/mol. The molecule has 0 saturated carbocycles. The van der Waals surface area contributed by atoms with Crippen LogP contribution in [0.5, 0.6) is 0 Å². The van der Waals surface area contributed by atoms with E-state index in [9.17, 15) is 14.4 Å². The van der Waals surface area contributed by atoms with Gasteiger partial charge in [0.2, 0.25) is 17.7 Å². The standard InChI is InChI=1S/C25H29ClN4O4/c1-34-15-5-10-30-23(32)17-25(24(30)33,19-6-3-2-4-7-19)16-22(31)29-13-11-28(12-14-29)21-9-8-20(26)18-27-21/h2-4,6-9,18H,5,10-17H2,1H3/t25-/m1/s1. The molecule has 3 heterocycles. The molecule has 1 aromatic heterocycles. The van der Waals surface area contributed by atoms with Crippen LogP contribution >= 0.6 is 11.6 Å². The van der Waals surface area contributed by atoms with Crippen molar-refractivity contribution in [1.82, 2.24) is 14.8 Å². The second-order valence-corrected chi connectivity index (χ2v) is 9.14. The van der Waals surface area contributed by atoms with E-state index in [4.69, 9.17) is 16.3 Å². The number of amides is 3. The van der Waals surface area contributed by atoms with E-state index in [0.29, 0.717) is 56.3 Å². The Labute approximate surface area is 204 Å². The number of likely N-dealkylation sites (tertiary alicyclic amines) is 1. The SMILES string of the molecule is COCCCN1C(=O)C[C@](CC(=O)N2CCN(c3ccc(Cl)cn3)CC2)(c2ccccc2)C1=O. The van der Waals surface area contributed by atoms with Gasteiger partial charge in [0.25, 0.3) is 0 Å². The molecule has 180 valence electrons. The predicted molar refractivity (Wildman–Crippen MR) is 129 cm³/mol. The molecule has 0 aliphatic carbocycles. The fourth-order valence-corrected chi connectivity index (χ4v) is 4.84. The minimum Gasteiger partial charge on any atom is -0.385 e. The average molecular weight is 485 g/mol. The van der Waals surface area contributed by atoms with Crippen LogP contribution in [-0.2, 0) is 24.5 Å². The fourth-order valence-electron chi connectivity index (χ4n) is 4.73. The molecule has 2 saturated heterocycles. The van der Waals surface area contributed by atoms with E-state index < -0.39 is 5.41 Å². The van der Waals surface area contributed by atoms with E-state index in [1.54, 1.807) is 24.3 Å². The van der Waals surface area contributed by atoms with E-state index in [1.165, 1.54) is 4.90 Å². The van der Waals surface area contributed by atoms with Gasteiger partial charge in [-0.3, -0.25) is 19.3 Å². The third-order valence-corrected chi connectivity index (χ3v) is 6.81. The summed E-state index contributed by atoms with van der Waals surface area (Å²) in [5.74, 6) is 0.168. The van der Waals surface area contributed by atoms with E-state index in [1.807, 2.05) is 36.4 Å². The number of ether oxygens (including phenoxy) is 1. The summed E-state index contributed by atoms with van der Waals surface area (Å²) >= 11 is 5.93. The number of hydrogen-bond acceptors (Lipinski definition) is 6.